The summed E-state index contributed by atoms with van der Waals surface area (Å²) in [6, 6.07) is 9.13. The zero-order valence-corrected chi connectivity index (χ0v) is 9.59. The summed E-state index contributed by atoms with van der Waals surface area (Å²) >= 11 is 0. The van der Waals surface area contributed by atoms with E-state index in [-0.39, 0.29) is 0 Å². The van der Waals surface area contributed by atoms with E-state index in [9.17, 15) is 0 Å². The van der Waals surface area contributed by atoms with E-state index in [4.69, 9.17) is 15.2 Å². The fourth-order valence-corrected chi connectivity index (χ4v) is 1.40. The van der Waals surface area contributed by atoms with E-state index in [0.29, 0.717) is 18.0 Å². The summed E-state index contributed by atoms with van der Waals surface area (Å²) in [4.78, 5) is 3.95. The molecule has 0 aliphatic heterocycles. The summed E-state index contributed by atoms with van der Waals surface area (Å²) in [5.74, 6) is 2.17. The number of rotatable bonds is 4. The van der Waals surface area contributed by atoms with Gasteiger partial charge in [-0.3, -0.25) is 4.98 Å². The molecule has 0 atom stereocenters. The molecule has 1 heterocycles. The monoisotopic (exact) mass is 230 g/mol. The summed E-state index contributed by atoms with van der Waals surface area (Å²) in [5.41, 5.74) is 6.19. The second-order valence-electron chi connectivity index (χ2n) is 3.46. The molecule has 0 amide bonds. The molecule has 0 spiro atoms. The molecule has 88 valence electrons. The largest absolute Gasteiger partial charge is 0.494 e. The van der Waals surface area contributed by atoms with Crippen molar-refractivity contribution in [1.29, 1.82) is 0 Å². The molecule has 1 aromatic heterocycles. The van der Waals surface area contributed by atoms with Crippen LogP contribution in [0.2, 0.25) is 0 Å². The molecule has 4 nitrogen and oxygen atoms in total. The maximum absolute atomic E-state index is 5.61. The number of nitrogen functional groups attached to an aromatic ring is 1. The second kappa shape index (κ2) is 5.21. The third kappa shape index (κ3) is 3.11. The van der Waals surface area contributed by atoms with E-state index in [1.165, 1.54) is 0 Å². The third-order valence-corrected chi connectivity index (χ3v) is 2.10. The fourth-order valence-electron chi connectivity index (χ4n) is 1.40. The van der Waals surface area contributed by atoms with Gasteiger partial charge in [0.05, 0.1) is 24.7 Å². The van der Waals surface area contributed by atoms with Crippen LogP contribution in [0.1, 0.15) is 6.92 Å². The molecular formula is C13H14N2O2. The summed E-state index contributed by atoms with van der Waals surface area (Å²) in [6.45, 7) is 2.60. The topological polar surface area (TPSA) is 57.4 Å². The van der Waals surface area contributed by atoms with Crippen molar-refractivity contribution in [3.8, 4) is 17.2 Å². The van der Waals surface area contributed by atoms with Gasteiger partial charge in [0.1, 0.15) is 17.2 Å². The molecule has 1 aromatic carbocycles. The van der Waals surface area contributed by atoms with E-state index in [0.717, 1.165) is 11.5 Å². The normalized spacial score (nSPS) is 9.94. The number of anilines is 1. The Labute approximate surface area is 100 Å². The van der Waals surface area contributed by atoms with Crippen molar-refractivity contribution in [3.63, 3.8) is 0 Å². The quantitative estimate of drug-likeness (QED) is 0.877. The zero-order valence-electron chi connectivity index (χ0n) is 9.59. The Hall–Kier alpha value is -2.23. The minimum Gasteiger partial charge on any atom is -0.494 e. The highest BCUT2D eigenvalue weighted by Crippen LogP contribution is 2.24. The SMILES string of the molecule is CCOc1ccc(Oc2cncc(N)c2)cc1. The highest BCUT2D eigenvalue weighted by atomic mass is 16.5. The summed E-state index contributed by atoms with van der Waals surface area (Å²) < 4.78 is 10.9. The summed E-state index contributed by atoms with van der Waals surface area (Å²) in [5, 5.41) is 0. The summed E-state index contributed by atoms with van der Waals surface area (Å²) in [6.07, 6.45) is 3.19. The smallest absolute Gasteiger partial charge is 0.147 e. The average Bonchev–Trinajstić information content (AvgIpc) is 2.32. The molecular weight excluding hydrogens is 216 g/mol. The number of hydrogen-bond acceptors (Lipinski definition) is 4. The Morgan fingerprint density at radius 1 is 1.06 bits per heavy atom. The van der Waals surface area contributed by atoms with Gasteiger partial charge in [-0.15, -0.1) is 0 Å². The fraction of sp³-hybridized carbons (Fsp3) is 0.154. The number of pyridine rings is 1. The van der Waals surface area contributed by atoms with Crippen LogP contribution in [0.4, 0.5) is 5.69 Å². The van der Waals surface area contributed by atoms with Gasteiger partial charge in [-0.2, -0.15) is 0 Å². The highest BCUT2D eigenvalue weighted by molar-refractivity contribution is 5.42. The van der Waals surface area contributed by atoms with Gasteiger partial charge < -0.3 is 15.2 Å². The average molecular weight is 230 g/mol. The van der Waals surface area contributed by atoms with Crippen LogP contribution in [-0.2, 0) is 0 Å². The summed E-state index contributed by atoms with van der Waals surface area (Å²) in [7, 11) is 0. The van der Waals surface area contributed by atoms with E-state index < -0.39 is 0 Å². The van der Waals surface area contributed by atoms with Crippen molar-refractivity contribution in [3.05, 3.63) is 42.7 Å². The molecule has 0 saturated heterocycles. The lowest BCUT2D eigenvalue weighted by atomic mass is 10.3. The zero-order chi connectivity index (χ0) is 12.1. The predicted molar refractivity (Wildman–Crippen MR) is 66.3 cm³/mol. The molecule has 2 aromatic rings. The lowest BCUT2D eigenvalue weighted by Gasteiger charge is -2.07. The van der Waals surface area contributed by atoms with Crippen molar-refractivity contribution >= 4 is 5.69 Å². The van der Waals surface area contributed by atoms with Crippen LogP contribution in [0, 0.1) is 0 Å². The minimum absolute atomic E-state index is 0.577. The predicted octanol–water partition coefficient (Wildman–Crippen LogP) is 2.85. The number of ether oxygens (including phenoxy) is 2. The molecule has 0 aliphatic rings. The first-order valence-electron chi connectivity index (χ1n) is 5.39. The molecule has 2 rings (SSSR count). The van der Waals surface area contributed by atoms with E-state index in [2.05, 4.69) is 4.98 Å². The van der Waals surface area contributed by atoms with Crippen LogP contribution >= 0.6 is 0 Å². The van der Waals surface area contributed by atoms with Gasteiger partial charge in [0.25, 0.3) is 0 Å². The van der Waals surface area contributed by atoms with Gasteiger partial charge in [0.2, 0.25) is 0 Å². The van der Waals surface area contributed by atoms with Crippen molar-refractivity contribution < 1.29 is 9.47 Å². The number of nitrogens with two attached hydrogens (primary N) is 1. The Morgan fingerprint density at radius 2 is 1.76 bits per heavy atom. The van der Waals surface area contributed by atoms with Gasteiger partial charge in [-0.05, 0) is 31.2 Å². The maximum atomic E-state index is 5.61. The van der Waals surface area contributed by atoms with Gasteiger partial charge >= 0.3 is 0 Å². The molecule has 0 bridgehead atoms. The molecule has 0 saturated carbocycles. The third-order valence-electron chi connectivity index (χ3n) is 2.10. The molecule has 17 heavy (non-hydrogen) atoms. The van der Waals surface area contributed by atoms with Crippen LogP contribution in [0.3, 0.4) is 0 Å². The lowest BCUT2D eigenvalue weighted by molar-refractivity contribution is 0.339. The van der Waals surface area contributed by atoms with Gasteiger partial charge in [-0.25, -0.2) is 0 Å². The molecule has 2 N–H and O–H groups in total. The Morgan fingerprint density at radius 3 is 2.41 bits per heavy atom. The second-order valence-corrected chi connectivity index (χ2v) is 3.46. The van der Waals surface area contributed by atoms with E-state index in [1.54, 1.807) is 18.5 Å². The molecule has 0 unspecified atom stereocenters. The number of hydrogen-bond donors (Lipinski definition) is 1. The van der Waals surface area contributed by atoms with Gasteiger partial charge in [0, 0.05) is 6.07 Å². The van der Waals surface area contributed by atoms with Crippen molar-refractivity contribution in [2.75, 3.05) is 12.3 Å². The number of nitrogens with zero attached hydrogens (tertiary/aromatic N) is 1. The van der Waals surface area contributed by atoms with Crippen molar-refractivity contribution in [2.45, 2.75) is 6.92 Å². The standard InChI is InChI=1S/C13H14N2O2/c1-2-16-11-3-5-12(6-4-11)17-13-7-10(14)8-15-9-13/h3-9H,2,14H2,1H3. The van der Waals surface area contributed by atoms with Crippen LogP contribution < -0.4 is 15.2 Å². The molecule has 0 radical (unpaired) electrons. The molecule has 4 heteroatoms. The first kappa shape index (κ1) is 11.3. The van der Waals surface area contributed by atoms with Crippen LogP contribution in [-0.4, -0.2) is 11.6 Å². The van der Waals surface area contributed by atoms with Gasteiger partial charge in [0.15, 0.2) is 0 Å². The van der Waals surface area contributed by atoms with Crippen LogP contribution in [0.5, 0.6) is 17.2 Å². The van der Waals surface area contributed by atoms with E-state index >= 15 is 0 Å². The van der Waals surface area contributed by atoms with Crippen LogP contribution in [0.15, 0.2) is 42.7 Å². The van der Waals surface area contributed by atoms with Gasteiger partial charge in [-0.1, -0.05) is 0 Å². The Bertz CT molecular complexity index is 483. The first-order chi connectivity index (χ1) is 8.28. The lowest BCUT2D eigenvalue weighted by Crippen LogP contribution is -1.92. The van der Waals surface area contributed by atoms with Crippen molar-refractivity contribution in [1.82, 2.24) is 4.98 Å². The highest BCUT2D eigenvalue weighted by Gasteiger charge is 1.99. The number of benzene rings is 1. The Kier molecular flexibility index (Phi) is 3.45. The number of aromatic nitrogens is 1. The van der Waals surface area contributed by atoms with E-state index in [1.807, 2.05) is 31.2 Å². The molecule has 0 aliphatic carbocycles. The molecule has 0 fully saturated rings. The Balaban J connectivity index is 2.08. The van der Waals surface area contributed by atoms with Crippen LogP contribution in [0.25, 0.3) is 0 Å². The maximum Gasteiger partial charge on any atom is 0.147 e. The minimum atomic E-state index is 0.577. The first-order valence-corrected chi connectivity index (χ1v) is 5.39. The van der Waals surface area contributed by atoms with Crippen molar-refractivity contribution in [2.24, 2.45) is 0 Å².